The maximum Gasteiger partial charge on any atom is 0.433 e. The first-order valence-corrected chi connectivity index (χ1v) is 7.43. The van der Waals surface area contributed by atoms with Crippen LogP contribution in [0.4, 0.5) is 19.0 Å². The van der Waals surface area contributed by atoms with Crippen molar-refractivity contribution in [3.8, 4) is 0 Å². The zero-order valence-corrected chi connectivity index (χ0v) is 12.6. The van der Waals surface area contributed by atoms with Gasteiger partial charge in [-0.05, 0) is 25.0 Å². The van der Waals surface area contributed by atoms with Crippen LogP contribution in [0.25, 0.3) is 0 Å². The number of hydrogen-bond donors (Lipinski definition) is 0. The van der Waals surface area contributed by atoms with Crippen LogP contribution in [-0.4, -0.2) is 22.9 Å². The number of pyridine rings is 1. The number of rotatable bonds is 6. The van der Waals surface area contributed by atoms with E-state index in [0.717, 1.165) is 18.9 Å². The van der Waals surface area contributed by atoms with Crippen molar-refractivity contribution in [1.29, 1.82) is 0 Å². The van der Waals surface area contributed by atoms with Crippen LogP contribution >= 0.6 is 15.9 Å². The third-order valence-corrected chi connectivity index (χ3v) is 3.38. The minimum atomic E-state index is -4.40. The molecule has 6 heteroatoms. The van der Waals surface area contributed by atoms with Crippen molar-refractivity contribution in [2.24, 2.45) is 0 Å². The summed E-state index contributed by atoms with van der Waals surface area (Å²) in [7, 11) is 0. The van der Waals surface area contributed by atoms with E-state index in [9.17, 15) is 13.2 Å². The van der Waals surface area contributed by atoms with E-state index in [2.05, 4.69) is 20.9 Å². The molecule has 1 heterocycles. The fourth-order valence-electron chi connectivity index (χ4n) is 2.05. The summed E-state index contributed by atoms with van der Waals surface area (Å²) >= 11 is 3.34. The molecule has 1 aromatic heterocycles. The van der Waals surface area contributed by atoms with E-state index in [1.54, 1.807) is 6.07 Å². The van der Waals surface area contributed by atoms with E-state index in [1.165, 1.54) is 6.07 Å². The highest BCUT2D eigenvalue weighted by molar-refractivity contribution is 9.09. The molecule has 0 spiro atoms. The molecule has 0 saturated carbocycles. The van der Waals surface area contributed by atoms with Crippen molar-refractivity contribution in [3.05, 3.63) is 23.9 Å². The fraction of sp³-hybridized carbons (Fsp3) is 0.615. The van der Waals surface area contributed by atoms with Crippen LogP contribution < -0.4 is 4.90 Å². The van der Waals surface area contributed by atoms with Crippen LogP contribution in [0.1, 0.15) is 32.4 Å². The van der Waals surface area contributed by atoms with Crippen molar-refractivity contribution in [2.45, 2.75) is 38.9 Å². The molecule has 0 atom stereocenters. The van der Waals surface area contributed by atoms with E-state index >= 15 is 0 Å². The second kappa shape index (κ2) is 7.12. The summed E-state index contributed by atoms with van der Waals surface area (Å²) < 4.78 is 38.1. The van der Waals surface area contributed by atoms with Crippen molar-refractivity contribution >= 4 is 21.7 Å². The third kappa shape index (κ3) is 4.37. The number of alkyl halides is 4. The van der Waals surface area contributed by atoms with Gasteiger partial charge in [0.05, 0.1) is 0 Å². The lowest BCUT2D eigenvalue weighted by Crippen LogP contribution is -2.37. The monoisotopic (exact) mass is 338 g/mol. The van der Waals surface area contributed by atoms with Gasteiger partial charge in [-0.15, -0.1) is 0 Å². The van der Waals surface area contributed by atoms with Gasteiger partial charge >= 0.3 is 6.18 Å². The average Bonchev–Trinajstić information content (AvgIpc) is 2.38. The molecule has 0 amide bonds. The zero-order valence-electron chi connectivity index (χ0n) is 11.0. The Kier molecular flexibility index (Phi) is 6.10. The normalized spacial score (nSPS) is 11.9. The molecule has 19 heavy (non-hydrogen) atoms. The summed E-state index contributed by atoms with van der Waals surface area (Å²) in [6, 6.07) is 4.25. The molecule has 0 N–H and O–H groups in total. The Labute approximate surface area is 120 Å². The molecule has 1 rings (SSSR count). The number of halogens is 4. The van der Waals surface area contributed by atoms with E-state index in [4.69, 9.17) is 0 Å². The Hall–Kier alpha value is -0.780. The number of hydrogen-bond acceptors (Lipinski definition) is 2. The van der Waals surface area contributed by atoms with Gasteiger partial charge in [-0.1, -0.05) is 35.8 Å². The Morgan fingerprint density at radius 2 is 1.89 bits per heavy atom. The summed E-state index contributed by atoms with van der Waals surface area (Å²) in [6.07, 6.45) is -2.65. The second-order valence-electron chi connectivity index (χ2n) is 4.23. The van der Waals surface area contributed by atoms with Gasteiger partial charge in [-0.2, -0.15) is 13.2 Å². The van der Waals surface area contributed by atoms with E-state index in [1.807, 2.05) is 18.7 Å². The van der Waals surface area contributed by atoms with Crippen LogP contribution in [-0.2, 0) is 6.18 Å². The minimum absolute atomic E-state index is 0.202. The highest BCUT2D eigenvalue weighted by Gasteiger charge is 2.33. The molecule has 1 aromatic rings. The van der Waals surface area contributed by atoms with Crippen LogP contribution in [0.2, 0.25) is 0 Å². The molecule has 0 aromatic carbocycles. The molecule has 0 fully saturated rings. The van der Waals surface area contributed by atoms with Gasteiger partial charge in [0.1, 0.15) is 11.5 Å². The van der Waals surface area contributed by atoms with E-state index in [0.29, 0.717) is 17.7 Å². The summed E-state index contributed by atoms with van der Waals surface area (Å²) in [6.45, 7) is 4.70. The second-order valence-corrected chi connectivity index (χ2v) is 5.02. The maximum absolute atomic E-state index is 12.7. The zero-order chi connectivity index (χ0) is 14.5. The molecule has 0 aliphatic heterocycles. The molecule has 108 valence electrons. The molecular formula is C13H18BrF3N2. The quantitative estimate of drug-likeness (QED) is 0.710. The average molecular weight is 339 g/mol. The third-order valence-electron chi connectivity index (χ3n) is 3.03. The molecule has 2 nitrogen and oxygen atoms in total. The molecule has 0 saturated heterocycles. The first kappa shape index (κ1) is 16.3. The van der Waals surface area contributed by atoms with Gasteiger partial charge in [0.15, 0.2) is 0 Å². The van der Waals surface area contributed by atoms with Crippen molar-refractivity contribution in [2.75, 3.05) is 16.8 Å². The summed E-state index contributed by atoms with van der Waals surface area (Å²) in [5.74, 6) is 0.392. The van der Waals surface area contributed by atoms with E-state index in [-0.39, 0.29) is 6.04 Å². The summed E-state index contributed by atoms with van der Waals surface area (Å²) in [5, 5.41) is 0.696. The lowest BCUT2D eigenvalue weighted by Gasteiger charge is -2.31. The van der Waals surface area contributed by atoms with Crippen molar-refractivity contribution in [1.82, 2.24) is 4.98 Å². The Balaban J connectivity index is 3.09. The predicted molar refractivity (Wildman–Crippen MR) is 74.7 cm³/mol. The minimum Gasteiger partial charge on any atom is -0.353 e. The van der Waals surface area contributed by atoms with Crippen molar-refractivity contribution < 1.29 is 13.2 Å². The standard InChI is InChI=1S/C13H18BrF3N2/c1-3-10(4-2)19(9-8-14)12-7-5-6-11(18-12)13(15,16)17/h5-7,10H,3-4,8-9H2,1-2H3. The van der Waals surface area contributed by atoms with Crippen molar-refractivity contribution in [3.63, 3.8) is 0 Å². The first-order valence-electron chi connectivity index (χ1n) is 6.30. The topological polar surface area (TPSA) is 16.1 Å². The SMILES string of the molecule is CCC(CC)N(CCBr)c1cccc(C(F)(F)F)n1. The Bertz CT molecular complexity index is 392. The molecule has 0 aliphatic rings. The summed E-state index contributed by atoms with van der Waals surface area (Å²) in [4.78, 5) is 5.69. The van der Waals surface area contributed by atoms with Gasteiger partial charge in [0.25, 0.3) is 0 Å². The first-order chi connectivity index (χ1) is 8.93. The number of aromatic nitrogens is 1. The largest absolute Gasteiger partial charge is 0.433 e. The fourth-order valence-corrected chi connectivity index (χ4v) is 2.43. The smallest absolute Gasteiger partial charge is 0.353 e. The molecule has 0 radical (unpaired) electrons. The highest BCUT2D eigenvalue weighted by Crippen LogP contribution is 2.29. The Morgan fingerprint density at radius 1 is 1.26 bits per heavy atom. The van der Waals surface area contributed by atoms with Crippen LogP contribution in [0, 0.1) is 0 Å². The lowest BCUT2D eigenvalue weighted by atomic mass is 10.1. The van der Waals surface area contributed by atoms with E-state index < -0.39 is 11.9 Å². The van der Waals surface area contributed by atoms with Gasteiger partial charge < -0.3 is 4.90 Å². The van der Waals surface area contributed by atoms with Gasteiger partial charge in [0, 0.05) is 17.9 Å². The molecular weight excluding hydrogens is 321 g/mol. The summed E-state index contributed by atoms with van der Waals surface area (Å²) in [5.41, 5.74) is -0.837. The number of nitrogens with zero attached hydrogens (tertiary/aromatic N) is 2. The van der Waals surface area contributed by atoms with Gasteiger partial charge in [-0.3, -0.25) is 0 Å². The maximum atomic E-state index is 12.7. The Morgan fingerprint density at radius 3 is 2.37 bits per heavy atom. The van der Waals surface area contributed by atoms with Crippen LogP contribution in [0.5, 0.6) is 0 Å². The molecule has 0 unspecified atom stereocenters. The van der Waals surface area contributed by atoms with Crippen LogP contribution in [0.15, 0.2) is 18.2 Å². The molecule has 0 bridgehead atoms. The number of anilines is 1. The van der Waals surface area contributed by atoms with Crippen LogP contribution in [0.3, 0.4) is 0 Å². The van der Waals surface area contributed by atoms with Gasteiger partial charge in [-0.25, -0.2) is 4.98 Å². The molecule has 0 aliphatic carbocycles. The van der Waals surface area contributed by atoms with Gasteiger partial charge in [0.2, 0.25) is 0 Å². The predicted octanol–water partition coefficient (Wildman–Crippen LogP) is 4.49. The highest BCUT2D eigenvalue weighted by atomic mass is 79.9. The lowest BCUT2D eigenvalue weighted by molar-refractivity contribution is -0.141.